The highest BCUT2D eigenvalue weighted by Crippen LogP contribution is 2.12. The summed E-state index contributed by atoms with van der Waals surface area (Å²) in [6.07, 6.45) is 2.76. The monoisotopic (exact) mass is 291 g/mol. The Morgan fingerprint density at radius 2 is 2.10 bits per heavy atom. The molecule has 1 aromatic carbocycles. The first-order valence-corrected chi connectivity index (χ1v) is 6.75. The third kappa shape index (κ3) is 3.66. The fraction of sp³-hybridized carbons (Fsp3) is 0.333. The van der Waals surface area contributed by atoms with Gasteiger partial charge in [-0.05, 0) is 24.6 Å². The van der Waals surface area contributed by atoms with E-state index >= 15 is 0 Å². The molecule has 0 atom stereocenters. The number of hydrogen-bond donors (Lipinski definition) is 2. The molecule has 0 saturated carbocycles. The van der Waals surface area contributed by atoms with Gasteiger partial charge in [0.05, 0.1) is 11.3 Å². The van der Waals surface area contributed by atoms with Gasteiger partial charge in [0.15, 0.2) is 0 Å². The van der Waals surface area contributed by atoms with E-state index in [0.717, 1.165) is 17.7 Å². The van der Waals surface area contributed by atoms with Gasteiger partial charge in [-0.3, -0.25) is 4.68 Å². The molecule has 5 nitrogen and oxygen atoms in total. The number of carboxylic acid groups (broad SMARTS) is 1. The molecule has 2 rings (SSSR count). The SMILES string of the molecule is CCc1nn(C)cc1CNCc1cc(C(=O)O)ccc1F. The molecule has 0 spiro atoms. The minimum absolute atomic E-state index is 0.0869. The van der Waals surface area contributed by atoms with Gasteiger partial charge in [0.2, 0.25) is 0 Å². The normalized spacial score (nSPS) is 10.8. The average Bonchev–Trinajstić information content (AvgIpc) is 2.81. The van der Waals surface area contributed by atoms with E-state index in [1.807, 2.05) is 20.2 Å². The van der Waals surface area contributed by atoms with Gasteiger partial charge in [0, 0.05) is 37.5 Å². The van der Waals surface area contributed by atoms with Crippen molar-refractivity contribution in [3.8, 4) is 0 Å². The van der Waals surface area contributed by atoms with E-state index < -0.39 is 11.8 Å². The second-order valence-electron chi connectivity index (χ2n) is 4.84. The number of aryl methyl sites for hydroxylation is 2. The standard InChI is InChI=1S/C15H18FN3O2/c1-3-14-12(9-19(2)18-14)8-17-7-11-6-10(15(20)21)4-5-13(11)16/h4-6,9,17H,3,7-8H2,1-2H3,(H,20,21). The van der Waals surface area contributed by atoms with E-state index in [1.165, 1.54) is 18.2 Å². The molecule has 0 radical (unpaired) electrons. The van der Waals surface area contributed by atoms with Crippen molar-refractivity contribution in [2.45, 2.75) is 26.4 Å². The Morgan fingerprint density at radius 3 is 2.76 bits per heavy atom. The summed E-state index contributed by atoms with van der Waals surface area (Å²) in [5.74, 6) is -1.47. The summed E-state index contributed by atoms with van der Waals surface area (Å²) in [5.41, 5.74) is 2.50. The molecule has 21 heavy (non-hydrogen) atoms. The number of nitrogens with zero attached hydrogens (tertiary/aromatic N) is 2. The molecule has 0 aliphatic rings. The highest BCUT2D eigenvalue weighted by Gasteiger charge is 2.09. The van der Waals surface area contributed by atoms with Gasteiger partial charge in [-0.2, -0.15) is 5.10 Å². The second kappa shape index (κ2) is 6.49. The number of carbonyl (C=O) groups is 1. The van der Waals surface area contributed by atoms with E-state index in [9.17, 15) is 9.18 Å². The molecule has 0 amide bonds. The van der Waals surface area contributed by atoms with Crippen molar-refractivity contribution >= 4 is 5.97 Å². The summed E-state index contributed by atoms with van der Waals surface area (Å²) in [4.78, 5) is 10.9. The van der Waals surface area contributed by atoms with E-state index in [4.69, 9.17) is 5.11 Å². The number of rotatable bonds is 6. The first kappa shape index (κ1) is 15.2. The zero-order valence-corrected chi connectivity index (χ0v) is 12.1. The predicted octanol–water partition coefficient (Wildman–Crippen LogP) is 2.11. The van der Waals surface area contributed by atoms with Gasteiger partial charge in [-0.15, -0.1) is 0 Å². The maximum atomic E-state index is 13.7. The van der Waals surface area contributed by atoms with Crippen LogP contribution in [-0.2, 0) is 26.6 Å². The molecule has 2 aromatic rings. The van der Waals surface area contributed by atoms with Crippen molar-refractivity contribution in [2.75, 3.05) is 0 Å². The number of halogens is 1. The lowest BCUT2D eigenvalue weighted by Gasteiger charge is -2.07. The van der Waals surface area contributed by atoms with Gasteiger partial charge in [0.25, 0.3) is 0 Å². The summed E-state index contributed by atoms with van der Waals surface area (Å²) < 4.78 is 15.4. The number of aromatic carboxylic acids is 1. The van der Waals surface area contributed by atoms with Crippen molar-refractivity contribution in [1.82, 2.24) is 15.1 Å². The molecule has 0 aliphatic carbocycles. The van der Waals surface area contributed by atoms with Crippen LogP contribution in [-0.4, -0.2) is 20.9 Å². The predicted molar refractivity (Wildman–Crippen MR) is 76.5 cm³/mol. The number of carboxylic acids is 1. The topological polar surface area (TPSA) is 67.2 Å². The molecular formula is C15H18FN3O2. The van der Waals surface area contributed by atoms with Crippen LogP contribution in [0.5, 0.6) is 0 Å². The highest BCUT2D eigenvalue weighted by atomic mass is 19.1. The molecule has 0 bridgehead atoms. The van der Waals surface area contributed by atoms with Crippen molar-refractivity contribution < 1.29 is 14.3 Å². The largest absolute Gasteiger partial charge is 0.478 e. The fourth-order valence-electron chi connectivity index (χ4n) is 2.20. The Kier molecular flexibility index (Phi) is 4.70. The first-order valence-electron chi connectivity index (χ1n) is 6.75. The minimum atomic E-state index is -1.06. The van der Waals surface area contributed by atoms with Crippen LogP contribution in [0.4, 0.5) is 4.39 Å². The summed E-state index contributed by atoms with van der Waals surface area (Å²) in [7, 11) is 1.86. The Labute approximate surface area is 122 Å². The molecule has 1 heterocycles. The third-order valence-corrected chi connectivity index (χ3v) is 3.25. The lowest BCUT2D eigenvalue weighted by atomic mass is 10.1. The molecule has 0 unspecified atom stereocenters. The maximum absolute atomic E-state index is 13.7. The van der Waals surface area contributed by atoms with E-state index in [-0.39, 0.29) is 12.1 Å². The number of hydrogen-bond acceptors (Lipinski definition) is 3. The molecule has 2 N–H and O–H groups in total. The zero-order valence-electron chi connectivity index (χ0n) is 12.1. The number of nitrogens with one attached hydrogen (secondary N) is 1. The van der Waals surface area contributed by atoms with Crippen LogP contribution in [0.25, 0.3) is 0 Å². The van der Waals surface area contributed by atoms with Crippen molar-refractivity contribution in [2.24, 2.45) is 7.05 Å². The van der Waals surface area contributed by atoms with E-state index in [0.29, 0.717) is 12.1 Å². The van der Waals surface area contributed by atoms with Gasteiger partial charge in [-0.25, -0.2) is 9.18 Å². The molecule has 1 aromatic heterocycles. The summed E-state index contributed by atoms with van der Waals surface area (Å²) in [6, 6.07) is 3.80. The van der Waals surface area contributed by atoms with Crippen LogP contribution in [0, 0.1) is 5.82 Å². The van der Waals surface area contributed by atoms with E-state index in [2.05, 4.69) is 10.4 Å². The summed E-state index contributed by atoms with van der Waals surface area (Å²) in [5, 5.41) is 16.4. The Morgan fingerprint density at radius 1 is 1.38 bits per heavy atom. The van der Waals surface area contributed by atoms with E-state index in [1.54, 1.807) is 4.68 Å². The fourth-order valence-corrected chi connectivity index (χ4v) is 2.20. The van der Waals surface area contributed by atoms with Crippen LogP contribution in [0.1, 0.15) is 34.1 Å². The smallest absolute Gasteiger partial charge is 0.335 e. The third-order valence-electron chi connectivity index (χ3n) is 3.25. The quantitative estimate of drug-likeness (QED) is 0.855. The van der Waals surface area contributed by atoms with Gasteiger partial charge in [-0.1, -0.05) is 6.92 Å². The Hall–Kier alpha value is -2.21. The Balaban J connectivity index is 2.03. The molecular weight excluding hydrogens is 273 g/mol. The minimum Gasteiger partial charge on any atom is -0.478 e. The number of benzene rings is 1. The summed E-state index contributed by atoms with van der Waals surface area (Å²) in [6.45, 7) is 2.86. The Bertz CT molecular complexity index is 652. The molecule has 0 aliphatic heterocycles. The van der Waals surface area contributed by atoms with Gasteiger partial charge >= 0.3 is 5.97 Å². The highest BCUT2D eigenvalue weighted by molar-refractivity contribution is 5.87. The molecule has 0 fully saturated rings. The first-order chi connectivity index (χ1) is 10.0. The average molecular weight is 291 g/mol. The molecule has 112 valence electrons. The van der Waals surface area contributed by atoms with Crippen LogP contribution in [0.2, 0.25) is 0 Å². The number of aromatic nitrogens is 2. The molecule has 0 saturated heterocycles. The van der Waals surface area contributed by atoms with Crippen molar-refractivity contribution in [3.63, 3.8) is 0 Å². The van der Waals surface area contributed by atoms with Gasteiger partial charge < -0.3 is 10.4 Å². The van der Waals surface area contributed by atoms with Crippen molar-refractivity contribution in [1.29, 1.82) is 0 Å². The van der Waals surface area contributed by atoms with Crippen LogP contribution < -0.4 is 5.32 Å². The second-order valence-corrected chi connectivity index (χ2v) is 4.84. The van der Waals surface area contributed by atoms with Crippen LogP contribution in [0.15, 0.2) is 24.4 Å². The summed E-state index contributed by atoms with van der Waals surface area (Å²) >= 11 is 0. The van der Waals surface area contributed by atoms with Crippen molar-refractivity contribution in [3.05, 3.63) is 52.6 Å². The lowest BCUT2D eigenvalue weighted by molar-refractivity contribution is 0.0696. The van der Waals surface area contributed by atoms with Gasteiger partial charge in [0.1, 0.15) is 5.82 Å². The van der Waals surface area contributed by atoms with Crippen LogP contribution in [0.3, 0.4) is 0 Å². The maximum Gasteiger partial charge on any atom is 0.335 e. The molecule has 6 heteroatoms. The van der Waals surface area contributed by atoms with Crippen LogP contribution >= 0.6 is 0 Å². The zero-order chi connectivity index (χ0) is 15.4. The lowest BCUT2D eigenvalue weighted by Crippen LogP contribution is -2.15.